The number of rotatable bonds is 15. The molecule has 2 aromatic heterocycles. The Hall–Kier alpha value is -4.72. The predicted molar refractivity (Wildman–Crippen MR) is 225 cm³/mol. The lowest BCUT2D eigenvalue weighted by atomic mass is 10.1. The van der Waals surface area contributed by atoms with Crippen molar-refractivity contribution in [3.05, 3.63) is 103 Å². The molecule has 3 heterocycles. The fourth-order valence-corrected chi connectivity index (χ4v) is 6.42. The van der Waals surface area contributed by atoms with Gasteiger partial charge in [0, 0.05) is 53.6 Å². The van der Waals surface area contributed by atoms with Crippen molar-refractivity contribution in [2.75, 3.05) is 80.9 Å². The molecule has 0 amide bonds. The summed E-state index contributed by atoms with van der Waals surface area (Å²) in [4.78, 5) is 2.24. The van der Waals surface area contributed by atoms with Gasteiger partial charge in [-0.25, -0.2) is 26.3 Å². The first-order valence-electron chi connectivity index (χ1n) is 17.9. The van der Waals surface area contributed by atoms with Gasteiger partial charge in [0.05, 0.1) is 47.1 Å². The largest absolute Gasteiger partial charge is 0.403 e. The van der Waals surface area contributed by atoms with E-state index >= 15 is 0 Å². The molecular weight excluding hydrogens is 1010 g/mol. The Morgan fingerprint density at radius 2 is 1.14 bits per heavy atom. The van der Waals surface area contributed by atoms with Gasteiger partial charge >= 0.3 is 12.0 Å². The van der Waals surface area contributed by atoms with Crippen LogP contribution in [-0.4, -0.2) is 84.9 Å². The van der Waals surface area contributed by atoms with Gasteiger partial charge in [-0.05, 0) is 112 Å². The fourth-order valence-electron chi connectivity index (χ4n) is 5.52. The molecule has 1 saturated heterocycles. The zero-order valence-electron chi connectivity index (χ0n) is 31.0. The van der Waals surface area contributed by atoms with Gasteiger partial charge in [-0.1, -0.05) is 10.2 Å². The molecule has 0 aliphatic carbocycles. The Morgan fingerprint density at radius 3 is 1.61 bits per heavy atom. The summed E-state index contributed by atoms with van der Waals surface area (Å²) >= 11 is 3.91. The van der Waals surface area contributed by atoms with Crippen LogP contribution in [0.5, 0.6) is 0 Å². The second kappa shape index (κ2) is 21.0. The normalized spacial score (nSPS) is 12.8. The van der Waals surface area contributed by atoms with Gasteiger partial charge in [0.2, 0.25) is 0 Å². The van der Waals surface area contributed by atoms with Crippen molar-refractivity contribution >= 4 is 80.0 Å². The maximum absolute atomic E-state index is 14.6. The van der Waals surface area contributed by atoms with E-state index in [1.54, 1.807) is 19.2 Å². The SMILES string of the molecule is COCCCNc1nnc(-c2ccc(F)c(F)c2Nc2ccc(I)cc2F)o1.Fc1cc(I)ccc1Nc1c(-c2nnc(NCCN3CCOCC3)o2)ccc(F)c1F. The van der Waals surface area contributed by atoms with Crippen LogP contribution < -0.4 is 21.3 Å². The average molecular weight is 1050 g/mol. The number of halogens is 8. The highest BCUT2D eigenvalue weighted by Gasteiger charge is 2.22. The summed E-state index contributed by atoms with van der Waals surface area (Å²) in [5.41, 5.74) is -0.378. The van der Waals surface area contributed by atoms with Crippen molar-refractivity contribution in [2.24, 2.45) is 0 Å². The minimum absolute atomic E-state index is 0.00505. The van der Waals surface area contributed by atoms with Crippen LogP contribution in [0.4, 0.5) is 61.1 Å². The van der Waals surface area contributed by atoms with E-state index in [0.29, 0.717) is 40.1 Å². The molecule has 0 atom stereocenters. The maximum atomic E-state index is 14.6. The third-order valence-corrected chi connectivity index (χ3v) is 9.83. The molecule has 7 rings (SSSR count). The molecule has 0 saturated carbocycles. The second-order valence-corrected chi connectivity index (χ2v) is 15.0. The number of hydrogen-bond donors (Lipinski definition) is 4. The fraction of sp³-hybridized carbons (Fsp3) is 0.263. The van der Waals surface area contributed by atoms with E-state index in [-0.39, 0.29) is 57.7 Å². The molecule has 312 valence electrons. The number of nitrogens with one attached hydrogen (secondary N) is 4. The topological polar surface area (TPSA) is 148 Å². The number of anilines is 6. The molecular formula is C38H35F6I2N9O4. The molecule has 1 aliphatic rings. The quantitative estimate of drug-likeness (QED) is 0.0441. The van der Waals surface area contributed by atoms with Gasteiger partial charge in [0.25, 0.3) is 11.8 Å². The Labute approximate surface area is 360 Å². The number of nitrogens with zero attached hydrogens (tertiary/aromatic N) is 5. The molecule has 0 radical (unpaired) electrons. The third kappa shape index (κ3) is 11.7. The van der Waals surface area contributed by atoms with Crippen LogP contribution in [0.25, 0.3) is 22.9 Å². The van der Waals surface area contributed by atoms with Gasteiger partial charge in [0.15, 0.2) is 23.3 Å². The maximum Gasteiger partial charge on any atom is 0.315 e. The summed E-state index contributed by atoms with van der Waals surface area (Å²) in [6.07, 6.45) is 0.721. The summed E-state index contributed by atoms with van der Waals surface area (Å²) in [7, 11) is 1.60. The lowest BCUT2D eigenvalue weighted by Gasteiger charge is -2.26. The van der Waals surface area contributed by atoms with E-state index in [0.717, 1.165) is 38.2 Å². The summed E-state index contributed by atoms with van der Waals surface area (Å²) < 4.78 is 108. The molecule has 13 nitrogen and oxygen atoms in total. The second-order valence-electron chi connectivity index (χ2n) is 12.5. The Bertz CT molecular complexity index is 2350. The zero-order valence-corrected chi connectivity index (χ0v) is 35.3. The van der Waals surface area contributed by atoms with E-state index in [9.17, 15) is 26.3 Å². The molecule has 4 N–H and O–H groups in total. The van der Waals surface area contributed by atoms with Crippen molar-refractivity contribution < 1.29 is 44.7 Å². The molecule has 6 aromatic rings. The van der Waals surface area contributed by atoms with Crippen LogP contribution in [0, 0.1) is 42.0 Å². The lowest BCUT2D eigenvalue weighted by molar-refractivity contribution is 0.0398. The van der Waals surface area contributed by atoms with Crippen LogP contribution >= 0.6 is 45.2 Å². The Kier molecular flexibility index (Phi) is 15.6. The third-order valence-electron chi connectivity index (χ3n) is 8.49. The lowest BCUT2D eigenvalue weighted by Crippen LogP contribution is -2.39. The highest BCUT2D eigenvalue weighted by Crippen LogP contribution is 2.36. The monoisotopic (exact) mass is 1050 g/mol. The number of hydrogen-bond acceptors (Lipinski definition) is 13. The highest BCUT2D eigenvalue weighted by molar-refractivity contribution is 14.1. The Morgan fingerprint density at radius 1 is 0.644 bits per heavy atom. The van der Waals surface area contributed by atoms with Crippen molar-refractivity contribution in [1.29, 1.82) is 0 Å². The van der Waals surface area contributed by atoms with Gasteiger partial charge in [-0.2, -0.15) is 0 Å². The van der Waals surface area contributed by atoms with E-state index in [1.165, 1.54) is 36.4 Å². The number of methoxy groups -OCH3 is 1. The van der Waals surface area contributed by atoms with Crippen molar-refractivity contribution in [3.63, 3.8) is 0 Å². The molecule has 0 bridgehead atoms. The molecule has 1 aliphatic heterocycles. The van der Waals surface area contributed by atoms with Crippen LogP contribution in [0.15, 0.2) is 69.5 Å². The average Bonchev–Trinajstić information content (AvgIpc) is 3.90. The number of benzene rings is 4. The summed E-state index contributed by atoms with van der Waals surface area (Å²) in [6.45, 7) is 5.56. The molecule has 59 heavy (non-hydrogen) atoms. The standard InChI is InChI=1S/C20H19F3IN5O2.C18H16F3IN4O2/c21-14-3-2-13(18(17(14)23)26-16-4-1-12(24)11-15(16)22)19-27-28-20(31-19)25-5-6-29-7-9-30-10-8-29;1-27-8-2-7-23-18-26-25-17(28-18)11-4-5-12(19)15(21)16(11)24-14-6-3-10(22)9-13(14)20/h1-4,11,26H,5-10H2,(H,25,28);3-6,9,24H,2,7-8H2,1H3,(H,23,26). The highest BCUT2D eigenvalue weighted by atomic mass is 127. The van der Waals surface area contributed by atoms with Gasteiger partial charge in [0.1, 0.15) is 11.6 Å². The molecule has 1 fully saturated rings. The minimum atomic E-state index is -1.18. The summed E-state index contributed by atoms with van der Waals surface area (Å²) in [5.74, 6) is -5.79. The molecule has 21 heteroatoms. The molecule has 0 unspecified atom stereocenters. The molecule has 4 aromatic carbocycles. The van der Waals surface area contributed by atoms with Crippen molar-refractivity contribution in [1.82, 2.24) is 25.3 Å². The first-order valence-corrected chi connectivity index (χ1v) is 20.0. The first-order chi connectivity index (χ1) is 28.5. The van der Waals surface area contributed by atoms with Crippen LogP contribution in [0.3, 0.4) is 0 Å². The number of ether oxygens (including phenoxy) is 2. The van der Waals surface area contributed by atoms with E-state index in [1.807, 2.05) is 45.2 Å². The van der Waals surface area contributed by atoms with Crippen molar-refractivity contribution in [2.45, 2.75) is 6.42 Å². The first kappa shape index (κ1) is 43.8. The van der Waals surface area contributed by atoms with E-state index in [4.69, 9.17) is 18.3 Å². The minimum Gasteiger partial charge on any atom is -0.403 e. The van der Waals surface area contributed by atoms with Gasteiger partial charge < -0.3 is 39.6 Å². The number of morpholine rings is 1. The number of aromatic nitrogens is 4. The summed E-state index contributed by atoms with van der Waals surface area (Å²) in [6, 6.07) is 13.5. The van der Waals surface area contributed by atoms with E-state index in [2.05, 4.69) is 46.6 Å². The van der Waals surface area contributed by atoms with E-state index < -0.39 is 34.9 Å². The summed E-state index contributed by atoms with van der Waals surface area (Å²) in [5, 5.41) is 26.7. The zero-order chi connectivity index (χ0) is 41.9. The Balaban J connectivity index is 0.000000199. The smallest absolute Gasteiger partial charge is 0.315 e. The van der Waals surface area contributed by atoms with Gasteiger partial charge in [-0.3, -0.25) is 4.90 Å². The molecule has 0 spiro atoms. The van der Waals surface area contributed by atoms with Crippen LogP contribution in [-0.2, 0) is 9.47 Å². The predicted octanol–water partition coefficient (Wildman–Crippen LogP) is 9.20. The van der Waals surface area contributed by atoms with Gasteiger partial charge in [-0.15, -0.1) is 10.2 Å². The van der Waals surface area contributed by atoms with Crippen LogP contribution in [0.1, 0.15) is 6.42 Å². The van der Waals surface area contributed by atoms with Crippen LogP contribution in [0.2, 0.25) is 0 Å². The van der Waals surface area contributed by atoms with Crippen molar-refractivity contribution in [3.8, 4) is 22.9 Å².